The molecule has 0 bridgehead atoms. The molecular weight excluding hydrogens is 432 g/mol. The fraction of sp³-hybridized carbons (Fsp3) is 0.143. The molecule has 2 heterocycles. The standard InChI is InChI=1S/C28H23ClN2O2/c29-23-15-13-22(14-16-23)28(33-19-17-24-10-6-7-18-30-24)26-12-5-4-11-25(26)27(32)31(28)20-21-8-2-1-3-9-21/h1-16,18H,17,19-20H2. The van der Waals surface area contributed by atoms with Gasteiger partial charge in [-0.2, -0.15) is 0 Å². The SMILES string of the molecule is O=C1c2ccccc2C(OCCc2ccccn2)(c2ccc(Cl)cc2)N1Cc1ccccc1. The highest BCUT2D eigenvalue weighted by Crippen LogP contribution is 2.46. The Morgan fingerprint density at radius 3 is 2.33 bits per heavy atom. The molecule has 0 radical (unpaired) electrons. The smallest absolute Gasteiger partial charge is 0.257 e. The van der Waals surface area contributed by atoms with E-state index in [0.717, 1.165) is 22.4 Å². The number of rotatable bonds is 7. The third kappa shape index (κ3) is 4.04. The van der Waals surface area contributed by atoms with Gasteiger partial charge in [-0.3, -0.25) is 14.7 Å². The number of carbonyl (C=O) groups is 1. The summed E-state index contributed by atoms with van der Waals surface area (Å²) < 4.78 is 6.72. The Hall–Kier alpha value is -3.47. The Morgan fingerprint density at radius 2 is 1.58 bits per heavy atom. The zero-order valence-corrected chi connectivity index (χ0v) is 18.8. The van der Waals surface area contributed by atoms with Crippen LogP contribution in [-0.2, 0) is 23.4 Å². The molecule has 33 heavy (non-hydrogen) atoms. The van der Waals surface area contributed by atoms with E-state index < -0.39 is 5.72 Å². The normalized spacial score (nSPS) is 17.2. The van der Waals surface area contributed by atoms with E-state index in [1.165, 1.54) is 0 Å². The lowest BCUT2D eigenvalue weighted by molar-refractivity contribution is -0.110. The van der Waals surface area contributed by atoms with Crippen LogP contribution >= 0.6 is 11.6 Å². The highest BCUT2D eigenvalue weighted by Gasteiger charge is 2.52. The number of hydrogen-bond acceptors (Lipinski definition) is 3. The first kappa shape index (κ1) is 21.4. The van der Waals surface area contributed by atoms with Crippen LogP contribution in [-0.4, -0.2) is 22.4 Å². The molecule has 3 aromatic carbocycles. The number of fused-ring (bicyclic) bond motifs is 1. The minimum absolute atomic E-state index is 0.0535. The molecule has 0 N–H and O–H groups in total. The topological polar surface area (TPSA) is 42.4 Å². The fourth-order valence-corrected chi connectivity index (χ4v) is 4.55. The van der Waals surface area contributed by atoms with Crippen molar-refractivity contribution in [3.63, 3.8) is 0 Å². The molecule has 0 aliphatic carbocycles. The summed E-state index contributed by atoms with van der Waals surface area (Å²) in [5.74, 6) is -0.0535. The van der Waals surface area contributed by atoms with Gasteiger partial charge in [-0.05, 0) is 35.9 Å². The van der Waals surface area contributed by atoms with Crippen LogP contribution in [0.1, 0.15) is 32.7 Å². The van der Waals surface area contributed by atoms with Crippen molar-refractivity contribution in [1.29, 1.82) is 0 Å². The van der Waals surface area contributed by atoms with E-state index in [9.17, 15) is 4.79 Å². The zero-order chi connectivity index (χ0) is 22.7. The number of amides is 1. The van der Waals surface area contributed by atoms with Crippen LogP contribution in [0.4, 0.5) is 0 Å². The molecule has 0 saturated carbocycles. The maximum atomic E-state index is 13.7. The van der Waals surface area contributed by atoms with E-state index in [1.54, 1.807) is 6.20 Å². The monoisotopic (exact) mass is 454 g/mol. The van der Waals surface area contributed by atoms with E-state index in [0.29, 0.717) is 30.2 Å². The van der Waals surface area contributed by atoms with Crippen molar-refractivity contribution in [3.8, 4) is 0 Å². The second-order valence-corrected chi connectivity index (χ2v) is 8.43. The van der Waals surface area contributed by atoms with Crippen LogP contribution in [0.15, 0.2) is 103 Å². The number of halogens is 1. The van der Waals surface area contributed by atoms with Gasteiger partial charge in [-0.25, -0.2) is 0 Å². The van der Waals surface area contributed by atoms with Gasteiger partial charge in [0.25, 0.3) is 5.91 Å². The van der Waals surface area contributed by atoms with Crippen molar-refractivity contribution < 1.29 is 9.53 Å². The number of nitrogens with zero attached hydrogens (tertiary/aromatic N) is 2. The summed E-state index contributed by atoms with van der Waals surface area (Å²) in [6, 6.07) is 31.1. The largest absolute Gasteiger partial charge is 0.347 e. The van der Waals surface area contributed by atoms with Crippen LogP contribution < -0.4 is 0 Å². The number of benzene rings is 3. The van der Waals surface area contributed by atoms with E-state index >= 15 is 0 Å². The third-order valence-corrected chi connectivity index (χ3v) is 6.21. The molecule has 1 aliphatic rings. The van der Waals surface area contributed by atoms with Crippen molar-refractivity contribution in [3.05, 3.63) is 136 Å². The molecule has 1 aliphatic heterocycles. The molecule has 0 fully saturated rings. The molecule has 4 nitrogen and oxygen atoms in total. The quantitative estimate of drug-likeness (QED) is 0.351. The first-order valence-electron chi connectivity index (χ1n) is 10.9. The Balaban J connectivity index is 1.61. The maximum absolute atomic E-state index is 13.7. The van der Waals surface area contributed by atoms with Crippen molar-refractivity contribution in [1.82, 2.24) is 9.88 Å². The van der Waals surface area contributed by atoms with Gasteiger partial charge in [0.1, 0.15) is 0 Å². The first-order valence-corrected chi connectivity index (χ1v) is 11.3. The Morgan fingerprint density at radius 1 is 0.848 bits per heavy atom. The van der Waals surface area contributed by atoms with Crippen molar-refractivity contribution in [2.24, 2.45) is 0 Å². The molecule has 1 aromatic heterocycles. The number of aromatic nitrogens is 1. The number of ether oxygens (including phenoxy) is 1. The minimum Gasteiger partial charge on any atom is -0.347 e. The van der Waals surface area contributed by atoms with Crippen LogP contribution in [0.25, 0.3) is 0 Å². The average molecular weight is 455 g/mol. The molecule has 1 amide bonds. The summed E-state index contributed by atoms with van der Waals surface area (Å²) >= 11 is 6.21. The molecule has 5 rings (SSSR count). The maximum Gasteiger partial charge on any atom is 0.257 e. The molecule has 164 valence electrons. The van der Waals surface area contributed by atoms with Gasteiger partial charge in [0.05, 0.1) is 6.61 Å². The summed E-state index contributed by atoms with van der Waals surface area (Å²) in [7, 11) is 0. The molecule has 1 unspecified atom stereocenters. The van der Waals surface area contributed by atoms with Crippen LogP contribution in [0.5, 0.6) is 0 Å². The summed E-state index contributed by atoms with van der Waals surface area (Å²) in [6.45, 7) is 0.813. The van der Waals surface area contributed by atoms with Crippen LogP contribution in [0.2, 0.25) is 5.02 Å². The number of hydrogen-bond donors (Lipinski definition) is 0. The van der Waals surface area contributed by atoms with E-state index in [4.69, 9.17) is 16.3 Å². The molecule has 4 aromatic rings. The molecule has 1 atom stereocenters. The second kappa shape index (κ2) is 9.18. The minimum atomic E-state index is -1.07. The van der Waals surface area contributed by atoms with Crippen molar-refractivity contribution >= 4 is 17.5 Å². The van der Waals surface area contributed by atoms with Gasteiger partial charge in [0.15, 0.2) is 5.72 Å². The van der Waals surface area contributed by atoms with Gasteiger partial charge >= 0.3 is 0 Å². The fourth-order valence-electron chi connectivity index (χ4n) is 4.42. The Labute approximate surface area is 198 Å². The van der Waals surface area contributed by atoms with Gasteiger partial charge in [0.2, 0.25) is 0 Å². The van der Waals surface area contributed by atoms with Crippen LogP contribution in [0.3, 0.4) is 0 Å². The van der Waals surface area contributed by atoms with Gasteiger partial charge in [-0.1, -0.05) is 78.3 Å². The van der Waals surface area contributed by atoms with Crippen molar-refractivity contribution in [2.45, 2.75) is 18.7 Å². The van der Waals surface area contributed by atoms with Gasteiger partial charge in [0, 0.05) is 46.6 Å². The first-order chi connectivity index (χ1) is 16.2. The van der Waals surface area contributed by atoms with E-state index in [1.807, 2.05) is 102 Å². The predicted molar refractivity (Wildman–Crippen MR) is 129 cm³/mol. The van der Waals surface area contributed by atoms with Gasteiger partial charge < -0.3 is 4.74 Å². The highest BCUT2D eigenvalue weighted by atomic mass is 35.5. The summed E-state index contributed by atoms with van der Waals surface area (Å²) in [5.41, 5.74) is 3.27. The lowest BCUT2D eigenvalue weighted by atomic mass is 9.93. The van der Waals surface area contributed by atoms with Gasteiger partial charge in [-0.15, -0.1) is 0 Å². The third-order valence-electron chi connectivity index (χ3n) is 5.96. The van der Waals surface area contributed by atoms with Crippen molar-refractivity contribution in [2.75, 3.05) is 6.61 Å². The lowest BCUT2D eigenvalue weighted by Gasteiger charge is -2.39. The summed E-state index contributed by atoms with van der Waals surface area (Å²) in [6.07, 6.45) is 2.41. The Bertz CT molecular complexity index is 1250. The second-order valence-electron chi connectivity index (χ2n) is 7.99. The number of carbonyl (C=O) groups excluding carboxylic acids is 1. The summed E-state index contributed by atoms with van der Waals surface area (Å²) in [4.78, 5) is 19.9. The summed E-state index contributed by atoms with van der Waals surface area (Å²) in [5, 5.41) is 0.634. The number of pyridine rings is 1. The lowest BCUT2D eigenvalue weighted by Crippen LogP contribution is -2.46. The highest BCUT2D eigenvalue weighted by molar-refractivity contribution is 6.30. The molecule has 0 spiro atoms. The molecule has 5 heteroatoms. The predicted octanol–water partition coefficient (Wildman–Crippen LogP) is 5.85. The molecule has 0 saturated heterocycles. The zero-order valence-electron chi connectivity index (χ0n) is 18.0. The average Bonchev–Trinajstić information content (AvgIpc) is 3.09. The Kier molecular flexibility index (Phi) is 5.95. The van der Waals surface area contributed by atoms with E-state index in [2.05, 4.69) is 4.98 Å². The van der Waals surface area contributed by atoms with Crippen LogP contribution in [0, 0.1) is 0 Å². The molecular formula is C28H23ClN2O2. The van der Waals surface area contributed by atoms with E-state index in [-0.39, 0.29) is 5.91 Å².